The van der Waals surface area contributed by atoms with Crippen molar-refractivity contribution in [2.24, 2.45) is 0 Å². The SMILES string of the molecule is Cc1ccc(C(=O)[C@@H](Cl)c2ccc(C)cc2)cc1. The Labute approximate surface area is 112 Å². The second-order valence-corrected chi connectivity index (χ2v) is 4.94. The number of alkyl halides is 1. The molecule has 1 nitrogen and oxygen atoms in total. The molecule has 0 radical (unpaired) electrons. The highest BCUT2D eigenvalue weighted by atomic mass is 35.5. The molecule has 0 aliphatic heterocycles. The van der Waals surface area contributed by atoms with Crippen LogP contribution in [0.15, 0.2) is 48.5 Å². The Balaban J connectivity index is 2.23. The molecule has 0 aliphatic rings. The second-order valence-electron chi connectivity index (χ2n) is 4.50. The van der Waals surface area contributed by atoms with Crippen LogP contribution >= 0.6 is 11.6 Å². The van der Waals surface area contributed by atoms with Crippen LogP contribution in [0, 0.1) is 13.8 Å². The summed E-state index contributed by atoms with van der Waals surface area (Å²) in [4.78, 5) is 12.2. The van der Waals surface area contributed by atoms with Gasteiger partial charge in [0.05, 0.1) is 0 Å². The molecular weight excluding hydrogens is 244 g/mol. The van der Waals surface area contributed by atoms with Gasteiger partial charge in [-0.2, -0.15) is 0 Å². The van der Waals surface area contributed by atoms with E-state index in [2.05, 4.69) is 0 Å². The first kappa shape index (κ1) is 12.8. The van der Waals surface area contributed by atoms with E-state index in [0.29, 0.717) is 5.56 Å². The Kier molecular flexibility index (Phi) is 3.83. The minimum Gasteiger partial charge on any atom is -0.292 e. The maximum absolute atomic E-state index is 12.2. The first-order valence-corrected chi connectivity index (χ1v) is 6.33. The van der Waals surface area contributed by atoms with Gasteiger partial charge in [0.25, 0.3) is 0 Å². The van der Waals surface area contributed by atoms with Crippen LogP contribution in [-0.2, 0) is 0 Å². The third-order valence-corrected chi connectivity index (χ3v) is 3.39. The molecule has 0 heterocycles. The summed E-state index contributed by atoms with van der Waals surface area (Å²) in [7, 11) is 0. The van der Waals surface area contributed by atoms with Crippen LogP contribution in [0.5, 0.6) is 0 Å². The molecule has 2 aromatic rings. The minimum atomic E-state index is -0.617. The van der Waals surface area contributed by atoms with E-state index in [0.717, 1.165) is 16.7 Å². The van der Waals surface area contributed by atoms with E-state index in [-0.39, 0.29) is 5.78 Å². The van der Waals surface area contributed by atoms with Gasteiger partial charge in [0.15, 0.2) is 5.78 Å². The molecule has 92 valence electrons. The van der Waals surface area contributed by atoms with Gasteiger partial charge in [0.1, 0.15) is 5.38 Å². The average Bonchev–Trinajstić information content (AvgIpc) is 2.39. The number of ketones is 1. The molecule has 2 rings (SSSR count). The summed E-state index contributed by atoms with van der Waals surface area (Å²) in [6.45, 7) is 4.00. The van der Waals surface area contributed by atoms with Crippen molar-refractivity contribution < 1.29 is 4.79 Å². The predicted octanol–water partition coefficient (Wildman–Crippen LogP) is 4.47. The molecule has 0 spiro atoms. The van der Waals surface area contributed by atoms with Crippen LogP contribution in [-0.4, -0.2) is 5.78 Å². The fourth-order valence-electron chi connectivity index (χ4n) is 1.75. The highest BCUT2D eigenvalue weighted by Gasteiger charge is 2.18. The summed E-state index contributed by atoms with van der Waals surface area (Å²) in [6, 6.07) is 15.2. The highest BCUT2D eigenvalue weighted by Crippen LogP contribution is 2.25. The third kappa shape index (κ3) is 2.80. The summed E-state index contributed by atoms with van der Waals surface area (Å²) >= 11 is 6.23. The zero-order valence-electron chi connectivity index (χ0n) is 10.5. The van der Waals surface area contributed by atoms with Crippen LogP contribution < -0.4 is 0 Å². The van der Waals surface area contributed by atoms with Crippen molar-refractivity contribution in [3.63, 3.8) is 0 Å². The molecule has 0 amide bonds. The second kappa shape index (κ2) is 5.36. The Morgan fingerprint density at radius 3 is 1.83 bits per heavy atom. The number of carbonyl (C=O) groups is 1. The Bertz CT molecular complexity index is 540. The van der Waals surface area contributed by atoms with Gasteiger partial charge in [-0.3, -0.25) is 4.79 Å². The van der Waals surface area contributed by atoms with Gasteiger partial charge in [0, 0.05) is 5.56 Å². The van der Waals surface area contributed by atoms with E-state index in [4.69, 9.17) is 11.6 Å². The number of hydrogen-bond donors (Lipinski definition) is 0. The van der Waals surface area contributed by atoms with Crippen molar-refractivity contribution in [2.45, 2.75) is 19.2 Å². The number of halogens is 1. The van der Waals surface area contributed by atoms with Gasteiger partial charge < -0.3 is 0 Å². The summed E-state index contributed by atoms with van der Waals surface area (Å²) in [5.41, 5.74) is 3.78. The van der Waals surface area contributed by atoms with Crippen LogP contribution in [0.3, 0.4) is 0 Å². The fourth-order valence-corrected chi connectivity index (χ4v) is 2.02. The molecule has 2 aromatic carbocycles. The molecular formula is C16H15ClO. The van der Waals surface area contributed by atoms with E-state index in [9.17, 15) is 4.79 Å². The number of aryl methyl sites for hydroxylation is 2. The molecule has 0 bridgehead atoms. The summed E-state index contributed by atoms with van der Waals surface area (Å²) in [6.07, 6.45) is 0. The Morgan fingerprint density at radius 1 is 0.889 bits per heavy atom. The molecule has 0 aliphatic carbocycles. The maximum atomic E-state index is 12.2. The number of hydrogen-bond acceptors (Lipinski definition) is 1. The van der Waals surface area contributed by atoms with Crippen LogP contribution in [0.1, 0.15) is 32.4 Å². The number of Topliss-reactive ketones (excluding diaryl/α,β-unsaturated/α-hetero) is 1. The average molecular weight is 259 g/mol. The first-order valence-electron chi connectivity index (χ1n) is 5.89. The normalized spacial score (nSPS) is 12.2. The monoisotopic (exact) mass is 258 g/mol. The predicted molar refractivity (Wildman–Crippen MR) is 75.3 cm³/mol. The van der Waals surface area contributed by atoms with E-state index >= 15 is 0 Å². The van der Waals surface area contributed by atoms with Crippen LogP contribution in [0.25, 0.3) is 0 Å². The van der Waals surface area contributed by atoms with Gasteiger partial charge in [-0.1, -0.05) is 59.7 Å². The lowest BCUT2D eigenvalue weighted by molar-refractivity contribution is 0.0987. The Morgan fingerprint density at radius 2 is 1.33 bits per heavy atom. The maximum Gasteiger partial charge on any atom is 0.185 e. The van der Waals surface area contributed by atoms with Gasteiger partial charge in [0.2, 0.25) is 0 Å². The highest BCUT2D eigenvalue weighted by molar-refractivity contribution is 6.33. The number of benzene rings is 2. The first-order chi connectivity index (χ1) is 8.58. The van der Waals surface area contributed by atoms with Gasteiger partial charge in [-0.05, 0) is 19.4 Å². The molecule has 1 atom stereocenters. The van der Waals surface area contributed by atoms with Crippen molar-refractivity contribution >= 4 is 17.4 Å². The molecule has 0 saturated carbocycles. The quantitative estimate of drug-likeness (QED) is 0.587. The molecule has 0 saturated heterocycles. The van der Waals surface area contributed by atoms with Gasteiger partial charge in [-0.25, -0.2) is 0 Å². The van der Waals surface area contributed by atoms with Gasteiger partial charge >= 0.3 is 0 Å². The summed E-state index contributed by atoms with van der Waals surface area (Å²) in [5.74, 6) is -0.0551. The third-order valence-electron chi connectivity index (χ3n) is 2.94. The fraction of sp³-hybridized carbons (Fsp3) is 0.188. The van der Waals surface area contributed by atoms with E-state index in [1.165, 1.54) is 0 Å². The Hall–Kier alpha value is -1.60. The topological polar surface area (TPSA) is 17.1 Å². The van der Waals surface area contributed by atoms with Gasteiger partial charge in [-0.15, -0.1) is 11.6 Å². The van der Waals surface area contributed by atoms with Crippen molar-refractivity contribution in [1.29, 1.82) is 0 Å². The van der Waals surface area contributed by atoms with Crippen LogP contribution in [0.2, 0.25) is 0 Å². The van der Waals surface area contributed by atoms with Crippen molar-refractivity contribution in [3.8, 4) is 0 Å². The zero-order chi connectivity index (χ0) is 13.1. The molecule has 2 heteroatoms. The van der Waals surface area contributed by atoms with Crippen molar-refractivity contribution in [1.82, 2.24) is 0 Å². The summed E-state index contributed by atoms with van der Waals surface area (Å²) in [5, 5.41) is -0.617. The standard InChI is InChI=1S/C16H15ClO/c1-11-3-7-13(8-4-11)15(17)16(18)14-9-5-12(2)6-10-14/h3-10,15H,1-2H3/t15-/m0/s1. The summed E-state index contributed by atoms with van der Waals surface area (Å²) < 4.78 is 0. The van der Waals surface area contributed by atoms with Crippen molar-refractivity contribution in [2.75, 3.05) is 0 Å². The largest absolute Gasteiger partial charge is 0.292 e. The number of carbonyl (C=O) groups excluding carboxylic acids is 1. The lowest BCUT2D eigenvalue weighted by Gasteiger charge is -2.09. The van der Waals surface area contributed by atoms with Crippen LogP contribution in [0.4, 0.5) is 0 Å². The molecule has 0 aromatic heterocycles. The smallest absolute Gasteiger partial charge is 0.185 e. The van der Waals surface area contributed by atoms with E-state index in [1.54, 1.807) is 0 Å². The molecule has 0 unspecified atom stereocenters. The van der Waals surface area contributed by atoms with E-state index in [1.807, 2.05) is 62.4 Å². The lowest BCUT2D eigenvalue weighted by Crippen LogP contribution is -2.07. The van der Waals surface area contributed by atoms with E-state index < -0.39 is 5.38 Å². The molecule has 0 N–H and O–H groups in total. The molecule has 0 fully saturated rings. The zero-order valence-corrected chi connectivity index (χ0v) is 11.2. The minimum absolute atomic E-state index is 0.0551. The van der Waals surface area contributed by atoms with Crippen molar-refractivity contribution in [3.05, 3.63) is 70.8 Å². The molecule has 18 heavy (non-hydrogen) atoms. The number of rotatable bonds is 3. The lowest BCUT2D eigenvalue weighted by atomic mass is 10.0.